The molecule has 0 bridgehead atoms. The summed E-state index contributed by atoms with van der Waals surface area (Å²) in [5.41, 5.74) is 10.8. The smallest absolute Gasteiger partial charge is 0.221 e. The van der Waals surface area contributed by atoms with E-state index in [2.05, 4.69) is 47.4 Å². The SMILES string of the molecule is COc1ccc(N)cc1-c1c(Br)cnn1C.COc1ccc(NC(C)=O)cc1-c1c(Br)cnn1C. The fourth-order valence-corrected chi connectivity index (χ4v) is 4.64. The summed E-state index contributed by atoms with van der Waals surface area (Å²) in [5, 5.41) is 11.1. The van der Waals surface area contributed by atoms with Crippen molar-refractivity contribution >= 4 is 49.1 Å². The number of methoxy groups -OCH3 is 2. The number of hydrogen-bond acceptors (Lipinski definition) is 6. The molecule has 0 unspecified atom stereocenters. The number of benzene rings is 2. The Balaban J connectivity index is 0.000000198. The van der Waals surface area contributed by atoms with E-state index < -0.39 is 0 Å². The van der Waals surface area contributed by atoms with Crippen LogP contribution in [0.3, 0.4) is 0 Å². The van der Waals surface area contributed by atoms with E-state index >= 15 is 0 Å². The molecule has 35 heavy (non-hydrogen) atoms. The van der Waals surface area contributed by atoms with Crippen molar-refractivity contribution in [3.05, 3.63) is 57.7 Å². The highest BCUT2D eigenvalue weighted by Gasteiger charge is 2.15. The Bertz CT molecular complexity index is 1310. The molecule has 3 N–H and O–H groups in total. The fourth-order valence-electron chi connectivity index (χ4n) is 3.51. The number of nitrogen functional groups attached to an aromatic ring is 1. The second-order valence-corrected chi connectivity index (χ2v) is 9.19. The van der Waals surface area contributed by atoms with Crippen LogP contribution < -0.4 is 20.5 Å². The normalized spacial score (nSPS) is 10.4. The second-order valence-electron chi connectivity index (χ2n) is 7.49. The van der Waals surface area contributed by atoms with Gasteiger partial charge in [-0.1, -0.05) is 0 Å². The van der Waals surface area contributed by atoms with Gasteiger partial charge in [-0.3, -0.25) is 14.2 Å². The molecule has 0 aliphatic carbocycles. The van der Waals surface area contributed by atoms with Crippen molar-refractivity contribution in [2.45, 2.75) is 6.92 Å². The van der Waals surface area contributed by atoms with Gasteiger partial charge in [0.05, 0.1) is 46.9 Å². The molecule has 1 amide bonds. The Kier molecular flexibility index (Phi) is 8.57. The average Bonchev–Trinajstić information content (AvgIpc) is 3.33. The van der Waals surface area contributed by atoms with Gasteiger partial charge in [-0.15, -0.1) is 0 Å². The maximum absolute atomic E-state index is 11.1. The molecular formula is C24H26Br2N6O3. The first kappa shape index (κ1) is 26.3. The highest BCUT2D eigenvalue weighted by atomic mass is 79.9. The molecule has 0 radical (unpaired) electrons. The average molecular weight is 606 g/mol. The number of aryl methyl sites for hydroxylation is 2. The van der Waals surface area contributed by atoms with E-state index in [0.29, 0.717) is 5.69 Å². The number of nitrogens with one attached hydrogen (secondary N) is 1. The van der Waals surface area contributed by atoms with Crippen molar-refractivity contribution in [1.29, 1.82) is 0 Å². The molecule has 0 saturated heterocycles. The lowest BCUT2D eigenvalue weighted by atomic mass is 10.1. The molecule has 2 aromatic heterocycles. The molecular weight excluding hydrogens is 580 g/mol. The van der Waals surface area contributed by atoms with Gasteiger partial charge in [-0.2, -0.15) is 10.2 Å². The van der Waals surface area contributed by atoms with Gasteiger partial charge in [0, 0.05) is 43.5 Å². The number of carbonyl (C=O) groups excluding carboxylic acids is 1. The maximum atomic E-state index is 11.1. The number of nitrogens with zero attached hydrogens (tertiary/aromatic N) is 4. The summed E-state index contributed by atoms with van der Waals surface area (Å²) in [6, 6.07) is 11.0. The molecule has 0 aliphatic heterocycles. The number of nitrogens with two attached hydrogens (primary N) is 1. The third-order valence-electron chi connectivity index (χ3n) is 5.04. The number of hydrogen-bond donors (Lipinski definition) is 2. The summed E-state index contributed by atoms with van der Waals surface area (Å²) in [7, 11) is 6.98. The van der Waals surface area contributed by atoms with Gasteiger partial charge in [-0.05, 0) is 68.3 Å². The van der Waals surface area contributed by atoms with Crippen molar-refractivity contribution in [2.75, 3.05) is 25.3 Å². The van der Waals surface area contributed by atoms with Gasteiger partial charge in [-0.25, -0.2) is 0 Å². The molecule has 184 valence electrons. The van der Waals surface area contributed by atoms with E-state index in [1.54, 1.807) is 42.0 Å². The Labute approximate surface area is 220 Å². The fraction of sp³-hybridized carbons (Fsp3) is 0.208. The van der Waals surface area contributed by atoms with Crippen LogP contribution in [0.2, 0.25) is 0 Å². The number of ether oxygens (including phenoxy) is 2. The predicted octanol–water partition coefficient (Wildman–Crippen LogP) is 5.26. The van der Waals surface area contributed by atoms with Gasteiger partial charge >= 0.3 is 0 Å². The van der Waals surface area contributed by atoms with Crippen LogP contribution in [-0.2, 0) is 18.9 Å². The third-order valence-corrected chi connectivity index (χ3v) is 6.20. The minimum atomic E-state index is -0.111. The summed E-state index contributed by atoms with van der Waals surface area (Å²) in [4.78, 5) is 11.1. The van der Waals surface area contributed by atoms with Crippen molar-refractivity contribution in [3.8, 4) is 34.0 Å². The molecule has 0 aliphatic rings. The van der Waals surface area contributed by atoms with Gasteiger partial charge in [0.25, 0.3) is 0 Å². The van der Waals surface area contributed by atoms with Crippen molar-refractivity contribution in [3.63, 3.8) is 0 Å². The number of halogens is 2. The van der Waals surface area contributed by atoms with Gasteiger partial charge in [0.2, 0.25) is 5.91 Å². The molecule has 9 nitrogen and oxygen atoms in total. The van der Waals surface area contributed by atoms with E-state index in [-0.39, 0.29) is 5.91 Å². The third kappa shape index (κ3) is 6.04. The minimum Gasteiger partial charge on any atom is -0.496 e. The van der Waals surface area contributed by atoms with Crippen molar-refractivity contribution in [1.82, 2.24) is 19.6 Å². The lowest BCUT2D eigenvalue weighted by Gasteiger charge is -2.12. The van der Waals surface area contributed by atoms with Crippen LogP contribution in [-0.4, -0.2) is 39.7 Å². The summed E-state index contributed by atoms with van der Waals surface area (Å²) in [5.74, 6) is 1.39. The summed E-state index contributed by atoms with van der Waals surface area (Å²) >= 11 is 6.93. The monoisotopic (exact) mass is 604 g/mol. The van der Waals surface area contributed by atoms with Gasteiger partial charge < -0.3 is 20.5 Å². The molecule has 4 aromatic rings. The lowest BCUT2D eigenvalue weighted by Crippen LogP contribution is -2.06. The number of amides is 1. The van der Waals surface area contributed by atoms with E-state index in [0.717, 1.165) is 48.6 Å². The Morgan fingerprint density at radius 3 is 1.80 bits per heavy atom. The largest absolute Gasteiger partial charge is 0.496 e. The van der Waals surface area contributed by atoms with Crippen LogP contribution in [0.15, 0.2) is 57.7 Å². The standard InChI is InChI=1S/C13H14BrN3O2.C11H12BrN3O/c1-8(18)16-9-4-5-12(19-3)10(6-9)13-11(14)7-15-17(13)2;1-15-11(9(12)6-14-15)8-5-7(13)3-4-10(8)16-2/h4-7H,1-3H3,(H,16,18);3-6H,13H2,1-2H3. The van der Waals surface area contributed by atoms with Crippen molar-refractivity contribution < 1.29 is 14.3 Å². The first-order chi connectivity index (χ1) is 16.7. The van der Waals surface area contributed by atoms with Crippen LogP contribution in [0.1, 0.15) is 6.92 Å². The summed E-state index contributed by atoms with van der Waals surface area (Å²) in [6.45, 7) is 1.48. The summed E-state index contributed by atoms with van der Waals surface area (Å²) in [6.07, 6.45) is 3.47. The Hall–Kier alpha value is -3.31. The Morgan fingerprint density at radius 2 is 1.37 bits per heavy atom. The van der Waals surface area contributed by atoms with Crippen LogP contribution in [0, 0.1) is 0 Å². The zero-order valence-corrected chi connectivity index (χ0v) is 23.1. The van der Waals surface area contributed by atoms with E-state index in [4.69, 9.17) is 15.2 Å². The second kappa shape index (κ2) is 11.4. The zero-order chi connectivity index (χ0) is 25.7. The number of rotatable bonds is 5. The quantitative estimate of drug-likeness (QED) is 0.301. The number of anilines is 2. The molecule has 2 heterocycles. The molecule has 0 spiro atoms. The van der Waals surface area contributed by atoms with Gasteiger partial charge in [0.15, 0.2) is 0 Å². The topological polar surface area (TPSA) is 109 Å². The highest BCUT2D eigenvalue weighted by molar-refractivity contribution is 9.11. The van der Waals surface area contributed by atoms with Crippen LogP contribution in [0.25, 0.3) is 22.5 Å². The molecule has 0 fully saturated rings. The number of carbonyl (C=O) groups is 1. The maximum Gasteiger partial charge on any atom is 0.221 e. The molecule has 0 atom stereocenters. The Morgan fingerprint density at radius 1 is 0.886 bits per heavy atom. The van der Waals surface area contributed by atoms with Gasteiger partial charge in [0.1, 0.15) is 11.5 Å². The van der Waals surface area contributed by atoms with Crippen LogP contribution in [0.4, 0.5) is 11.4 Å². The van der Waals surface area contributed by atoms with Crippen LogP contribution in [0.5, 0.6) is 11.5 Å². The number of aromatic nitrogens is 4. The highest BCUT2D eigenvalue weighted by Crippen LogP contribution is 2.37. The predicted molar refractivity (Wildman–Crippen MR) is 145 cm³/mol. The van der Waals surface area contributed by atoms with E-state index in [1.807, 2.05) is 44.4 Å². The molecule has 11 heteroatoms. The first-order valence-corrected chi connectivity index (χ1v) is 12.0. The molecule has 0 saturated carbocycles. The van der Waals surface area contributed by atoms with Crippen molar-refractivity contribution in [2.24, 2.45) is 14.1 Å². The van der Waals surface area contributed by atoms with Crippen LogP contribution >= 0.6 is 31.9 Å². The van der Waals surface area contributed by atoms with E-state index in [9.17, 15) is 4.79 Å². The zero-order valence-electron chi connectivity index (χ0n) is 20.0. The molecule has 4 rings (SSSR count). The lowest BCUT2D eigenvalue weighted by molar-refractivity contribution is -0.114. The minimum absolute atomic E-state index is 0.111. The molecule has 2 aromatic carbocycles. The van der Waals surface area contributed by atoms with E-state index in [1.165, 1.54) is 6.92 Å². The summed E-state index contributed by atoms with van der Waals surface area (Å²) < 4.78 is 16.0. The first-order valence-electron chi connectivity index (χ1n) is 10.4.